The minimum Gasteiger partial charge on any atom is -0.497 e. The highest BCUT2D eigenvalue weighted by molar-refractivity contribution is 5.67. The Morgan fingerprint density at radius 3 is 2.48 bits per heavy atom. The van der Waals surface area contributed by atoms with Crippen LogP contribution in [-0.4, -0.2) is 23.1 Å². The van der Waals surface area contributed by atoms with Crippen molar-refractivity contribution in [2.45, 2.75) is 26.3 Å². The fourth-order valence-corrected chi connectivity index (χ4v) is 1.67. The average molecular weight is 288 g/mol. The molecule has 0 radical (unpaired) electrons. The number of nitrogens with two attached hydrogens (primary N) is 1. The molecule has 2 rings (SSSR count). The molecule has 0 fully saturated rings. The monoisotopic (exact) mass is 288 g/mol. The summed E-state index contributed by atoms with van der Waals surface area (Å²) in [6.45, 7) is 4.15. The van der Waals surface area contributed by atoms with Crippen molar-refractivity contribution in [2.75, 3.05) is 18.2 Å². The van der Waals surface area contributed by atoms with Crippen LogP contribution in [0.5, 0.6) is 17.4 Å². The first kappa shape index (κ1) is 14.9. The van der Waals surface area contributed by atoms with Gasteiger partial charge in [-0.2, -0.15) is 4.98 Å². The summed E-state index contributed by atoms with van der Waals surface area (Å²) in [4.78, 5) is 8.23. The molecule has 1 aromatic heterocycles. The molecule has 21 heavy (non-hydrogen) atoms. The van der Waals surface area contributed by atoms with E-state index < -0.39 is 0 Å². The number of anilines is 2. The average Bonchev–Trinajstić information content (AvgIpc) is 2.52. The van der Waals surface area contributed by atoms with Crippen LogP contribution in [0.15, 0.2) is 30.6 Å². The maximum absolute atomic E-state index is 6.05. The SMILES string of the molecule is CCC(C)Nc1ncnc(Oc2ccc(OC)cc2)c1N. The zero-order valence-corrected chi connectivity index (χ0v) is 12.5. The number of hydrogen-bond acceptors (Lipinski definition) is 6. The lowest BCUT2D eigenvalue weighted by Gasteiger charge is -2.15. The lowest BCUT2D eigenvalue weighted by atomic mass is 10.2. The van der Waals surface area contributed by atoms with E-state index in [-0.39, 0.29) is 6.04 Å². The predicted molar refractivity (Wildman–Crippen MR) is 82.9 cm³/mol. The minimum atomic E-state index is 0.274. The quantitative estimate of drug-likeness (QED) is 0.850. The number of nitrogens with zero attached hydrogens (tertiary/aromatic N) is 2. The molecule has 0 amide bonds. The lowest BCUT2D eigenvalue weighted by Crippen LogP contribution is -2.16. The highest BCUT2D eigenvalue weighted by Crippen LogP contribution is 2.30. The second kappa shape index (κ2) is 6.78. The van der Waals surface area contributed by atoms with Gasteiger partial charge in [-0.15, -0.1) is 0 Å². The molecule has 0 aliphatic rings. The molecule has 1 aromatic carbocycles. The smallest absolute Gasteiger partial charge is 0.248 e. The number of rotatable bonds is 6. The summed E-state index contributed by atoms with van der Waals surface area (Å²) in [6.07, 6.45) is 2.40. The molecular formula is C15H20N4O2. The van der Waals surface area contributed by atoms with Crippen molar-refractivity contribution in [3.8, 4) is 17.4 Å². The predicted octanol–water partition coefficient (Wildman–Crippen LogP) is 3.07. The van der Waals surface area contributed by atoms with E-state index in [9.17, 15) is 0 Å². The summed E-state index contributed by atoms with van der Waals surface area (Å²) < 4.78 is 10.8. The Morgan fingerprint density at radius 2 is 1.86 bits per heavy atom. The number of nitrogen functional groups attached to an aromatic ring is 1. The van der Waals surface area contributed by atoms with Crippen molar-refractivity contribution in [2.24, 2.45) is 0 Å². The van der Waals surface area contributed by atoms with E-state index in [0.29, 0.717) is 23.1 Å². The number of ether oxygens (including phenoxy) is 2. The van der Waals surface area contributed by atoms with Gasteiger partial charge in [-0.1, -0.05) is 6.92 Å². The van der Waals surface area contributed by atoms with Gasteiger partial charge in [0.2, 0.25) is 5.88 Å². The number of aromatic nitrogens is 2. The van der Waals surface area contributed by atoms with E-state index in [0.717, 1.165) is 12.2 Å². The van der Waals surface area contributed by atoms with E-state index in [4.69, 9.17) is 15.2 Å². The van der Waals surface area contributed by atoms with Gasteiger partial charge in [0.25, 0.3) is 0 Å². The Kier molecular flexibility index (Phi) is 4.81. The molecule has 6 nitrogen and oxygen atoms in total. The van der Waals surface area contributed by atoms with Gasteiger partial charge in [-0.05, 0) is 37.6 Å². The fraction of sp³-hybridized carbons (Fsp3) is 0.333. The number of benzene rings is 1. The lowest BCUT2D eigenvalue weighted by molar-refractivity contribution is 0.412. The van der Waals surface area contributed by atoms with E-state index in [1.807, 2.05) is 12.1 Å². The van der Waals surface area contributed by atoms with Gasteiger partial charge in [0.05, 0.1) is 7.11 Å². The molecule has 112 valence electrons. The molecule has 2 aromatic rings. The van der Waals surface area contributed by atoms with Crippen molar-refractivity contribution < 1.29 is 9.47 Å². The third-order valence-electron chi connectivity index (χ3n) is 3.12. The Balaban J connectivity index is 2.17. The Bertz CT molecular complexity index is 587. The van der Waals surface area contributed by atoms with Crippen LogP contribution in [0.2, 0.25) is 0 Å². The van der Waals surface area contributed by atoms with Gasteiger partial charge < -0.3 is 20.5 Å². The topological polar surface area (TPSA) is 82.3 Å². The molecule has 1 atom stereocenters. The molecule has 0 saturated heterocycles. The summed E-state index contributed by atoms with van der Waals surface area (Å²) >= 11 is 0. The van der Waals surface area contributed by atoms with Crippen molar-refractivity contribution in [1.82, 2.24) is 9.97 Å². The molecule has 0 aliphatic carbocycles. The van der Waals surface area contributed by atoms with Crippen molar-refractivity contribution >= 4 is 11.5 Å². The largest absolute Gasteiger partial charge is 0.497 e. The molecule has 6 heteroatoms. The summed E-state index contributed by atoms with van der Waals surface area (Å²) in [6, 6.07) is 7.48. The molecular weight excluding hydrogens is 268 g/mol. The van der Waals surface area contributed by atoms with Gasteiger partial charge in [-0.25, -0.2) is 4.98 Å². The molecule has 0 spiro atoms. The Hall–Kier alpha value is -2.50. The Labute approximate surface area is 124 Å². The summed E-state index contributed by atoms with van der Waals surface area (Å²) in [5.74, 6) is 2.32. The molecule has 0 aliphatic heterocycles. The maximum atomic E-state index is 6.05. The van der Waals surface area contributed by atoms with E-state index in [2.05, 4.69) is 29.1 Å². The molecule has 1 heterocycles. The standard InChI is InChI=1S/C15H20N4O2/c1-4-10(2)19-14-13(16)15(18-9-17-14)21-12-7-5-11(20-3)6-8-12/h5-10H,4,16H2,1-3H3,(H,17,18,19). The summed E-state index contributed by atoms with van der Waals surface area (Å²) in [5.41, 5.74) is 6.45. The molecule has 1 unspecified atom stereocenters. The first-order valence-corrected chi connectivity index (χ1v) is 6.83. The third-order valence-corrected chi connectivity index (χ3v) is 3.12. The number of nitrogens with one attached hydrogen (secondary N) is 1. The molecule has 0 saturated carbocycles. The van der Waals surface area contributed by atoms with Gasteiger partial charge in [0.15, 0.2) is 5.82 Å². The van der Waals surface area contributed by atoms with E-state index in [1.54, 1.807) is 19.2 Å². The molecule has 0 bridgehead atoms. The van der Waals surface area contributed by atoms with Crippen LogP contribution in [0.4, 0.5) is 11.5 Å². The van der Waals surface area contributed by atoms with Gasteiger partial charge in [0.1, 0.15) is 23.5 Å². The third kappa shape index (κ3) is 3.75. The van der Waals surface area contributed by atoms with Gasteiger partial charge >= 0.3 is 0 Å². The zero-order valence-electron chi connectivity index (χ0n) is 12.5. The second-order valence-corrected chi connectivity index (χ2v) is 4.67. The summed E-state index contributed by atoms with van der Waals surface area (Å²) in [5, 5.41) is 3.23. The van der Waals surface area contributed by atoms with Crippen LogP contribution in [0, 0.1) is 0 Å². The Morgan fingerprint density at radius 1 is 1.19 bits per heavy atom. The van der Waals surface area contributed by atoms with Crippen LogP contribution in [0.25, 0.3) is 0 Å². The number of hydrogen-bond donors (Lipinski definition) is 2. The van der Waals surface area contributed by atoms with Gasteiger partial charge in [0, 0.05) is 6.04 Å². The highest BCUT2D eigenvalue weighted by Gasteiger charge is 2.11. The maximum Gasteiger partial charge on any atom is 0.248 e. The van der Waals surface area contributed by atoms with Crippen molar-refractivity contribution in [1.29, 1.82) is 0 Å². The second-order valence-electron chi connectivity index (χ2n) is 4.67. The molecule has 3 N–H and O–H groups in total. The van der Waals surface area contributed by atoms with E-state index >= 15 is 0 Å². The first-order valence-electron chi connectivity index (χ1n) is 6.83. The van der Waals surface area contributed by atoms with Crippen molar-refractivity contribution in [3.63, 3.8) is 0 Å². The highest BCUT2D eigenvalue weighted by atomic mass is 16.5. The van der Waals surface area contributed by atoms with Gasteiger partial charge in [-0.3, -0.25) is 0 Å². The van der Waals surface area contributed by atoms with E-state index in [1.165, 1.54) is 6.33 Å². The van der Waals surface area contributed by atoms with Crippen molar-refractivity contribution in [3.05, 3.63) is 30.6 Å². The van der Waals surface area contributed by atoms with Crippen LogP contribution >= 0.6 is 0 Å². The van der Waals surface area contributed by atoms with Crippen LogP contribution < -0.4 is 20.5 Å². The summed E-state index contributed by atoms with van der Waals surface area (Å²) in [7, 11) is 1.62. The fourth-order valence-electron chi connectivity index (χ4n) is 1.67. The normalized spacial score (nSPS) is 11.8. The minimum absolute atomic E-state index is 0.274. The van der Waals surface area contributed by atoms with Crippen LogP contribution in [0.1, 0.15) is 20.3 Å². The zero-order chi connectivity index (χ0) is 15.2. The van der Waals surface area contributed by atoms with Crippen LogP contribution in [0.3, 0.4) is 0 Å². The van der Waals surface area contributed by atoms with Crippen LogP contribution in [-0.2, 0) is 0 Å². The number of methoxy groups -OCH3 is 1. The first-order chi connectivity index (χ1) is 10.1.